The average molecular weight is 386 g/mol. The number of hydrogen-bond acceptors (Lipinski definition) is 5. The second-order valence-corrected chi connectivity index (χ2v) is 7.31. The summed E-state index contributed by atoms with van der Waals surface area (Å²) in [6, 6.07) is 16.6. The SMILES string of the molecule is O=C(NCCSc1ccccc1)N1CCN(c2ccc([N+](=O)[O-])cc2)CC1. The van der Waals surface area contributed by atoms with Crippen LogP contribution < -0.4 is 10.2 Å². The molecule has 1 saturated heterocycles. The molecule has 1 N–H and O–H groups in total. The minimum Gasteiger partial charge on any atom is -0.368 e. The second-order valence-electron chi connectivity index (χ2n) is 6.14. The zero-order valence-corrected chi connectivity index (χ0v) is 15.7. The fourth-order valence-corrected chi connectivity index (χ4v) is 3.70. The zero-order valence-electron chi connectivity index (χ0n) is 14.9. The summed E-state index contributed by atoms with van der Waals surface area (Å²) in [7, 11) is 0. The van der Waals surface area contributed by atoms with Crippen molar-refractivity contribution in [1.82, 2.24) is 10.2 Å². The van der Waals surface area contributed by atoms with Crippen LogP contribution in [0.5, 0.6) is 0 Å². The predicted molar refractivity (Wildman–Crippen MR) is 107 cm³/mol. The van der Waals surface area contributed by atoms with Crippen LogP contribution in [0.25, 0.3) is 0 Å². The lowest BCUT2D eigenvalue weighted by molar-refractivity contribution is -0.384. The molecule has 3 rings (SSSR count). The van der Waals surface area contributed by atoms with E-state index >= 15 is 0 Å². The minimum atomic E-state index is -0.401. The number of anilines is 1. The first-order valence-electron chi connectivity index (χ1n) is 8.83. The number of piperazine rings is 1. The van der Waals surface area contributed by atoms with E-state index in [-0.39, 0.29) is 11.7 Å². The lowest BCUT2D eigenvalue weighted by Gasteiger charge is -2.36. The topological polar surface area (TPSA) is 78.7 Å². The van der Waals surface area contributed by atoms with Gasteiger partial charge in [0.25, 0.3) is 5.69 Å². The van der Waals surface area contributed by atoms with Crippen LogP contribution in [0.2, 0.25) is 0 Å². The number of nitro benzene ring substituents is 1. The molecular formula is C19H22N4O3S. The molecule has 8 heteroatoms. The summed E-state index contributed by atoms with van der Waals surface area (Å²) in [6.07, 6.45) is 0. The molecule has 1 aliphatic heterocycles. The van der Waals surface area contributed by atoms with E-state index in [2.05, 4.69) is 22.3 Å². The van der Waals surface area contributed by atoms with Gasteiger partial charge in [-0.25, -0.2) is 4.79 Å². The molecule has 0 bridgehead atoms. The molecule has 0 aliphatic carbocycles. The van der Waals surface area contributed by atoms with Crippen LogP contribution >= 0.6 is 11.8 Å². The highest BCUT2D eigenvalue weighted by atomic mass is 32.2. The van der Waals surface area contributed by atoms with E-state index in [1.165, 1.54) is 17.0 Å². The van der Waals surface area contributed by atoms with Crippen LogP contribution in [-0.4, -0.2) is 54.3 Å². The van der Waals surface area contributed by atoms with Crippen molar-refractivity contribution >= 4 is 29.2 Å². The number of non-ortho nitro benzene ring substituents is 1. The van der Waals surface area contributed by atoms with Gasteiger partial charge in [0.2, 0.25) is 0 Å². The van der Waals surface area contributed by atoms with E-state index in [0.29, 0.717) is 32.7 Å². The van der Waals surface area contributed by atoms with E-state index in [4.69, 9.17) is 0 Å². The van der Waals surface area contributed by atoms with Crippen molar-refractivity contribution in [2.24, 2.45) is 0 Å². The molecule has 0 saturated carbocycles. The molecule has 2 aromatic rings. The normalized spacial score (nSPS) is 14.1. The van der Waals surface area contributed by atoms with Crippen molar-refractivity contribution in [3.63, 3.8) is 0 Å². The fraction of sp³-hybridized carbons (Fsp3) is 0.316. The first-order valence-corrected chi connectivity index (χ1v) is 9.82. The Kier molecular flexibility index (Phi) is 6.54. The maximum Gasteiger partial charge on any atom is 0.317 e. The van der Waals surface area contributed by atoms with Crippen molar-refractivity contribution < 1.29 is 9.72 Å². The number of hydrogen-bond donors (Lipinski definition) is 1. The molecule has 1 fully saturated rings. The van der Waals surface area contributed by atoms with Crippen LogP contribution in [0, 0.1) is 10.1 Å². The third-order valence-electron chi connectivity index (χ3n) is 4.38. The smallest absolute Gasteiger partial charge is 0.317 e. The minimum absolute atomic E-state index is 0.0352. The molecule has 1 aliphatic rings. The lowest BCUT2D eigenvalue weighted by atomic mass is 10.2. The Balaban J connectivity index is 1.39. The summed E-state index contributed by atoms with van der Waals surface area (Å²) >= 11 is 1.72. The number of nitrogens with one attached hydrogen (secondary N) is 1. The number of thioether (sulfide) groups is 1. The first kappa shape index (κ1) is 19.0. The Hall–Kier alpha value is -2.74. The van der Waals surface area contributed by atoms with E-state index in [1.54, 1.807) is 23.9 Å². The molecule has 7 nitrogen and oxygen atoms in total. The highest BCUT2D eigenvalue weighted by Gasteiger charge is 2.21. The molecule has 1 heterocycles. The number of nitro groups is 1. The van der Waals surface area contributed by atoms with Gasteiger partial charge in [-0.3, -0.25) is 10.1 Å². The number of urea groups is 1. The quantitative estimate of drug-likeness (QED) is 0.357. The molecule has 0 aromatic heterocycles. The standard InChI is InChI=1S/C19H22N4O3S/c24-19(20-10-15-27-18-4-2-1-3-5-18)22-13-11-21(12-14-22)16-6-8-17(9-7-16)23(25)26/h1-9H,10-15H2,(H,20,24). The number of nitrogens with zero attached hydrogens (tertiary/aromatic N) is 3. The van der Waals surface area contributed by atoms with Gasteiger partial charge >= 0.3 is 6.03 Å². The van der Waals surface area contributed by atoms with Gasteiger partial charge in [-0.1, -0.05) is 18.2 Å². The van der Waals surface area contributed by atoms with Crippen LogP contribution in [0.4, 0.5) is 16.2 Å². The highest BCUT2D eigenvalue weighted by molar-refractivity contribution is 7.99. The average Bonchev–Trinajstić information content (AvgIpc) is 2.72. The zero-order chi connectivity index (χ0) is 19.1. The second kappa shape index (κ2) is 9.27. The summed E-state index contributed by atoms with van der Waals surface area (Å²) in [6.45, 7) is 3.32. The third-order valence-corrected chi connectivity index (χ3v) is 5.40. The highest BCUT2D eigenvalue weighted by Crippen LogP contribution is 2.20. The lowest BCUT2D eigenvalue weighted by Crippen LogP contribution is -2.52. The maximum absolute atomic E-state index is 12.3. The number of amides is 2. The summed E-state index contributed by atoms with van der Waals surface area (Å²) in [4.78, 5) is 27.8. The molecule has 0 spiro atoms. The Morgan fingerprint density at radius 2 is 1.70 bits per heavy atom. The van der Waals surface area contributed by atoms with Gasteiger partial charge in [-0.15, -0.1) is 11.8 Å². The van der Waals surface area contributed by atoms with Gasteiger partial charge in [0.05, 0.1) is 4.92 Å². The van der Waals surface area contributed by atoms with Gasteiger partial charge in [-0.05, 0) is 24.3 Å². The van der Waals surface area contributed by atoms with Crippen LogP contribution in [0.3, 0.4) is 0 Å². The van der Waals surface area contributed by atoms with Crippen molar-refractivity contribution in [3.8, 4) is 0 Å². The van der Waals surface area contributed by atoms with Gasteiger partial charge in [0.1, 0.15) is 0 Å². The summed E-state index contributed by atoms with van der Waals surface area (Å²) in [5, 5.41) is 13.7. The fourth-order valence-electron chi connectivity index (χ4n) is 2.91. The number of carbonyl (C=O) groups is 1. The van der Waals surface area contributed by atoms with Gasteiger partial charge in [-0.2, -0.15) is 0 Å². The molecule has 0 radical (unpaired) electrons. The van der Waals surface area contributed by atoms with Crippen molar-refractivity contribution in [2.75, 3.05) is 43.4 Å². The van der Waals surface area contributed by atoms with Crippen LogP contribution in [0.15, 0.2) is 59.5 Å². The Labute approximate surface area is 162 Å². The van der Waals surface area contributed by atoms with E-state index < -0.39 is 4.92 Å². The summed E-state index contributed by atoms with van der Waals surface area (Å²) in [5.74, 6) is 0.832. The molecule has 142 valence electrons. The molecule has 2 amide bonds. The first-order chi connectivity index (χ1) is 13.1. The summed E-state index contributed by atoms with van der Waals surface area (Å²) in [5.41, 5.74) is 1.03. The van der Waals surface area contributed by atoms with Crippen LogP contribution in [-0.2, 0) is 0 Å². The number of benzene rings is 2. The monoisotopic (exact) mass is 386 g/mol. The maximum atomic E-state index is 12.3. The Morgan fingerprint density at radius 1 is 1.04 bits per heavy atom. The molecular weight excluding hydrogens is 364 g/mol. The van der Waals surface area contributed by atoms with Crippen LogP contribution in [0.1, 0.15) is 0 Å². The van der Waals surface area contributed by atoms with Gasteiger partial charge in [0.15, 0.2) is 0 Å². The van der Waals surface area contributed by atoms with Crippen molar-refractivity contribution in [3.05, 3.63) is 64.7 Å². The van der Waals surface area contributed by atoms with Gasteiger partial charge < -0.3 is 15.1 Å². The summed E-state index contributed by atoms with van der Waals surface area (Å²) < 4.78 is 0. The largest absolute Gasteiger partial charge is 0.368 e. The Morgan fingerprint density at radius 3 is 2.33 bits per heavy atom. The molecule has 2 aromatic carbocycles. The Bertz CT molecular complexity index is 762. The molecule has 27 heavy (non-hydrogen) atoms. The van der Waals surface area contributed by atoms with E-state index in [1.807, 2.05) is 23.1 Å². The predicted octanol–water partition coefficient (Wildman–Crippen LogP) is 3.22. The van der Waals surface area contributed by atoms with Gasteiger partial charge in [0, 0.05) is 61.2 Å². The molecule has 0 atom stereocenters. The third kappa shape index (κ3) is 5.37. The number of carbonyl (C=O) groups excluding carboxylic acids is 1. The van der Waals surface area contributed by atoms with E-state index in [0.717, 1.165) is 11.4 Å². The van der Waals surface area contributed by atoms with Crippen molar-refractivity contribution in [2.45, 2.75) is 4.90 Å². The van der Waals surface area contributed by atoms with Crippen molar-refractivity contribution in [1.29, 1.82) is 0 Å². The molecule has 0 unspecified atom stereocenters. The number of rotatable bonds is 6. The van der Waals surface area contributed by atoms with E-state index in [9.17, 15) is 14.9 Å².